The van der Waals surface area contributed by atoms with Crippen LogP contribution in [0.1, 0.15) is 85.6 Å². The van der Waals surface area contributed by atoms with Gasteiger partial charge in [0.15, 0.2) is 0 Å². The lowest BCUT2D eigenvalue weighted by atomic mass is 9.94. The molecule has 1 aromatic rings. The van der Waals surface area contributed by atoms with Crippen molar-refractivity contribution >= 4 is 47.3 Å². The van der Waals surface area contributed by atoms with Crippen LogP contribution in [-0.4, -0.2) is 107 Å². The summed E-state index contributed by atoms with van der Waals surface area (Å²) in [6, 6.07) is 1.34. The molecule has 0 bridgehead atoms. The van der Waals surface area contributed by atoms with Gasteiger partial charge in [-0.15, -0.1) is 0 Å². The second kappa shape index (κ2) is 25.1. The van der Waals surface area contributed by atoms with Crippen LogP contribution in [0, 0.1) is 17.8 Å². The molecule has 1 aromatic carbocycles. The van der Waals surface area contributed by atoms with Crippen molar-refractivity contribution in [2.75, 3.05) is 13.2 Å². The Labute approximate surface area is 328 Å². The molecule has 18 heteroatoms. The fourth-order valence-electron chi connectivity index (χ4n) is 5.50. The zero-order valence-electron chi connectivity index (χ0n) is 33.3. The van der Waals surface area contributed by atoms with Crippen molar-refractivity contribution in [2.45, 2.75) is 123 Å². The van der Waals surface area contributed by atoms with E-state index in [4.69, 9.17) is 11.5 Å². The Kier molecular flexibility index (Phi) is 22.0. The summed E-state index contributed by atoms with van der Waals surface area (Å²) in [5, 5.41) is 34.7. The number of carbonyl (C=O) groups excluding carboxylic acids is 8. The number of aryl methyl sites for hydroxylation is 1. The summed E-state index contributed by atoms with van der Waals surface area (Å²) < 4.78 is 0. The lowest BCUT2D eigenvalue weighted by Gasteiger charge is -2.31. The number of carbonyl (C=O) groups is 8. The first kappa shape index (κ1) is 48.9. The smallest absolute Gasteiger partial charge is 0.245 e. The van der Waals surface area contributed by atoms with Crippen molar-refractivity contribution < 1.29 is 48.6 Å². The van der Waals surface area contributed by atoms with E-state index in [0.29, 0.717) is 25.7 Å². The number of rotatable bonds is 26. The van der Waals surface area contributed by atoms with Gasteiger partial charge in [0.1, 0.15) is 36.3 Å². The van der Waals surface area contributed by atoms with E-state index in [1.54, 1.807) is 34.6 Å². The fraction of sp³-hybridized carbons (Fsp3) is 0.632. The van der Waals surface area contributed by atoms with Crippen LogP contribution in [0.15, 0.2) is 30.3 Å². The van der Waals surface area contributed by atoms with Crippen LogP contribution >= 0.6 is 0 Å². The van der Waals surface area contributed by atoms with E-state index in [-0.39, 0.29) is 25.2 Å². The van der Waals surface area contributed by atoms with Crippen molar-refractivity contribution in [1.82, 2.24) is 31.9 Å². The molecule has 56 heavy (non-hydrogen) atoms. The van der Waals surface area contributed by atoms with E-state index in [2.05, 4.69) is 31.9 Å². The summed E-state index contributed by atoms with van der Waals surface area (Å²) in [4.78, 5) is 104. The molecule has 8 amide bonds. The monoisotopic (exact) mass is 790 g/mol. The Hall–Kier alpha value is -5.10. The maximum absolute atomic E-state index is 13.7. The minimum absolute atomic E-state index is 0.103. The van der Waals surface area contributed by atoms with E-state index in [0.717, 1.165) is 5.56 Å². The van der Waals surface area contributed by atoms with Crippen LogP contribution in [0.5, 0.6) is 0 Å². The maximum Gasteiger partial charge on any atom is 0.245 e. The van der Waals surface area contributed by atoms with Gasteiger partial charge in [-0.2, -0.15) is 0 Å². The molecule has 0 saturated heterocycles. The van der Waals surface area contributed by atoms with Gasteiger partial charge in [0, 0.05) is 12.8 Å². The van der Waals surface area contributed by atoms with Gasteiger partial charge < -0.3 is 53.6 Å². The van der Waals surface area contributed by atoms with Gasteiger partial charge in [0.2, 0.25) is 47.3 Å². The molecular weight excluding hydrogens is 728 g/mol. The van der Waals surface area contributed by atoms with Crippen molar-refractivity contribution in [1.29, 1.82) is 0 Å². The molecule has 12 N–H and O–H groups in total. The van der Waals surface area contributed by atoms with Gasteiger partial charge in [-0.05, 0) is 36.2 Å². The Morgan fingerprint density at radius 3 is 1.41 bits per heavy atom. The normalized spacial score (nSPS) is 15.9. The third-order valence-corrected chi connectivity index (χ3v) is 9.85. The summed E-state index contributed by atoms with van der Waals surface area (Å²) in [5.41, 5.74) is 11.5. The second-order valence-electron chi connectivity index (χ2n) is 14.1. The first-order valence-electron chi connectivity index (χ1n) is 19.1. The SMILES string of the molecule is CCC(C)C(NC(=O)CCc1ccccc1)C(=O)NC(CO)C(=O)NC(CCC(N)=O)C(=O)NC(C(=O)NC(C(=O)NC(CO)C(N)=O)C(C)CC)C(C)CC. The highest BCUT2D eigenvalue weighted by Gasteiger charge is 2.36. The molecule has 0 aliphatic heterocycles. The van der Waals surface area contributed by atoms with E-state index in [9.17, 15) is 48.6 Å². The lowest BCUT2D eigenvalue weighted by Crippen LogP contribution is -2.62. The van der Waals surface area contributed by atoms with Gasteiger partial charge in [0.05, 0.1) is 13.2 Å². The molecule has 0 aliphatic carbocycles. The molecule has 0 aliphatic rings. The predicted octanol–water partition coefficient (Wildman–Crippen LogP) is -1.60. The molecule has 0 spiro atoms. The Morgan fingerprint density at radius 2 is 0.964 bits per heavy atom. The van der Waals surface area contributed by atoms with Gasteiger partial charge in [0.25, 0.3) is 0 Å². The largest absolute Gasteiger partial charge is 0.394 e. The van der Waals surface area contributed by atoms with Crippen molar-refractivity contribution in [3.8, 4) is 0 Å². The van der Waals surface area contributed by atoms with Crippen LogP contribution in [0.2, 0.25) is 0 Å². The third kappa shape index (κ3) is 16.3. The van der Waals surface area contributed by atoms with Gasteiger partial charge in [-0.3, -0.25) is 38.4 Å². The number of hydrogen-bond acceptors (Lipinski definition) is 10. The van der Waals surface area contributed by atoms with Crippen LogP contribution in [0.3, 0.4) is 0 Å². The number of nitrogens with two attached hydrogens (primary N) is 2. The summed E-state index contributed by atoms with van der Waals surface area (Å²) in [5.74, 6) is -7.69. The van der Waals surface area contributed by atoms with Crippen LogP contribution in [-0.2, 0) is 44.8 Å². The zero-order chi connectivity index (χ0) is 42.5. The molecule has 0 fully saturated rings. The molecule has 0 heterocycles. The number of hydrogen-bond donors (Lipinski definition) is 10. The van der Waals surface area contributed by atoms with E-state index in [1.165, 1.54) is 0 Å². The van der Waals surface area contributed by atoms with Crippen LogP contribution in [0.25, 0.3) is 0 Å². The molecule has 0 aromatic heterocycles. The molecule has 9 unspecified atom stereocenters. The van der Waals surface area contributed by atoms with E-state index >= 15 is 0 Å². The van der Waals surface area contributed by atoms with Crippen LogP contribution in [0.4, 0.5) is 0 Å². The second-order valence-corrected chi connectivity index (χ2v) is 14.1. The Morgan fingerprint density at radius 1 is 0.554 bits per heavy atom. The van der Waals surface area contributed by atoms with E-state index < -0.39 is 109 Å². The number of aliphatic hydroxyl groups excluding tert-OH is 2. The van der Waals surface area contributed by atoms with Crippen LogP contribution < -0.4 is 43.4 Å². The van der Waals surface area contributed by atoms with Crippen molar-refractivity contribution in [3.05, 3.63) is 35.9 Å². The van der Waals surface area contributed by atoms with Gasteiger partial charge in [-0.25, -0.2) is 0 Å². The van der Waals surface area contributed by atoms with Crippen molar-refractivity contribution in [3.63, 3.8) is 0 Å². The highest BCUT2D eigenvalue weighted by Crippen LogP contribution is 2.14. The topological polar surface area (TPSA) is 301 Å². The maximum atomic E-state index is 13.7. The molecule has 0 radical (unpaired) electrons. The first-order chi connectivity index (χ1) is 26.4. The number of amides is 8. The fourth-order valence-corrected chi connectivity index (χ4v) is 5.50. The van der Waals surface area contributed by atoms with E-state index in [1.807, 2.05) is 37.3 Å². The summed E-state index contributed by atoms with van der Waals surface area (Å²) in [6.45, 7) is 8.78. The summed E-state index contributed by atoms with van der Waals surface area (Å²) >= 11 is 0. The van der Waals surface area contributed by atoms with Crippen molar-refractivity contribution in [2.24, 2.45) is 29.2 Å². The molecule has 1 rings (SSSR count). The van der Waals surface area contributed by atoms with Gasteiger partial charge in [-0.1, -0.05) is 91.1 Å². The summed E-state index contributed by atoms with van der Waals surface area (Å²) in [7, 11) is 0. The predicted molar refractivity (Wildman–Crippen MR) is 207 cm³/mol. The van der Waals surface area contributed by atoms with Gasteiger partial charge >= 0.3 is 0 Å². The number of benzene rings is 1. The minimum Gasteiger partial charge on any atom is -0.394 e. The molecule has 18 nitrogen and oxygen atoms in total. The summed E-state index contributed by atoms with van der Waals surface area (Å²) in [6.07, 6.45) is 1.16. The minimum atomic E-state index is -1.58. The number of primary amides is 2. The highest BCUT2D eigenvalue weighted by molar-refractivity contribution is 5.97. The standard InChI is InChI=1S/C38H62N8O10/c1-7-21(4)30(44-29(50)18-15-24-13-11-10-12-14-24)36(54)43-27(20-48)35(53)41-25(16-17-28(39)49)34(52)45-32(23(6)9-3)38(56)46-31(22(5)8-2)37(55)42-26(19-47)33(40)51/h10-14,21-23,25-27,30-32,47-48H,7-9,15-20H2,1-6H3,(H2,39,49)(H2,40,51)(H,41,53)(H,42,55)(H,43,54)(H,44,50)(H,45,52)(H,46,56). The average Bonchev–Trinajstić information content (AvgIpc) is 3.18. The molecule has 9 atom stereocenters. The molecular formula is C38H62N8O10. The quantitative estimate of drug-likeness (QED) is 0.0513. The number of aliphatic hydroxyl groups is 2. The first-order valence-corrected chi connectivity index (χ1v) is 19.1. The Balaban J connectivity index is 3.21. The average molecular weight is 791 g/mol. The zero-order valence-corrected chi connectivity index (χ0v) is 33.3. The number of nitrogens with one attached hydrogen (secondary N) is 6. The molecule has 314 valence electrons. The highest BCUT2D eigenvalue weighted by atomic mass is 16.3. The molecule has 0 saturated carbocycles. The third-order valence-electron chi connectivity index (χ3n) is 9.85. The lowest BCUT2D eigenvalue weighted by molar-refractivity contribution is -0.137. The Bertz CT molecular complexity index is 1480.